The maximum atomic E-state index is 13.8. The van der Waals surface area contributed by atoms with Crippen LogP contribution in [0.15, 0.2) is 47.5 Å². The van der Waals surface area contributed by atoms with Crippen molar-refractivity contribution in [2.75, 3.05) is 13.1 Å². The molecule has 158 valence electrons. The van der Waals surface area contributed by atoms with Gasteiger partial charge in [0, 0.05) is 30.8 Å². The van der Waals surface area contributed by atoms with E-state index in [1.54, 1.807) is 12.1 Å². The smallest absolute Gasteiger partial charge is 0.251 e. The van der Waals surface area contributed by atoms with E-state index in [2.05, 4.69) is 20.9 Å². The van der Waals surface area contributed by atoms with Crippen LogP contribution >= 0.6 is 24.0 Å². The summed E-state index contributed by atoms with van der Waals surface area (Å²) in [5.41, 5.74) is 1.68. The molecule has 0 aliphatic carbocycles. The number of carbonyl (C=O) groups is 1. The third-order valence-electron chi connectivity index (χ3n) is 3.94. The third kappa shape index (κ3) is 8.35. The van der Waals surface area contributed by atoms with Gasteiger partial charge in [-0.2, -0.15) is 0 Å². The lowest BCUT2D eigenvalue weighted by Gasteiger charge is -2.12. The number of nitrogens with one attached hydrogen (secondary N) is 3. The van der Waals surface area contributed by atoms with Crippen molar-refractivity contribution in [1.82, 2.24) is 16.0 Å². The summed E-state index contributed by atoms with van der Waals surface area (Å²) in [6, 6.07) is 10.6. The molecule has 0 unspecified atom stereocenters. The van der Waals surface area contributed by atoms with Crippen molar-refractivity contribution in [3.63, 3.8) is 0 Å². The summed E-state index contributed by atoms with van der Waals surface area (Å²) in [7, 11) is 0. The zero-order valence-corrected chi connectivity index (χ0v) is 18.9. The molecule has 29 heavy (non-hydrogen) atoms. The SMILES string of the molecule is CCCNC(=O)c1cccc(CN=C(NCC)NCc2cc(F)ccc2F)c1.I. The summed E-state index contributed by atoms with van der Waals surface area (Å²) in [5.74, 6) is -0.597. The minimum Gasteiger partial charge on any atom is -0.357 e. The molecule has 8 heteroatoms. The van der Waals surface area contributed by atoms with E-state index in [9.17, 15) is 13.6 Å². The van der Waals surface area contributed by atoms with Gasteiger partial charge in [-0.15, -0.1) is 24.0 Å². The van der Waals surface area contributed by atoms with Crippen molar-refractivity contribution < 1.29 is 13.6 Å². The summed E-state index contributed by atoms with van der Waals surface area (Å²) >= 11 is 0. The Balaban J connectivity index is 0.00000420. The topological polar surface area (TPSA) is 65.5 Å². The summed E-state index contributed by atoms with van der Waals surface area (Å²) in [4.78, 5) is 16.5. The van der Waals surface area contributed by atoms with Crippen LogP contribution in [-0.2, 0) is 13.1 Å². The molecule has 2 rings (SSSR count). The minimum absolute atomic E-state index is 0. The lowest BCUT2D eigenvalue weighted by atomic mass is 10.1. The van der Waals surface area contributed by atoms with E-state index in [4.69, 9.17) is 0 Å². The van der Waals surface area contributed by atoms with E-state index in [0.29, 0.717) is 31.2 Å². The highest BCUT2D eigenvalue weighted by Gasteiger charge is 2.07. The Morgan fingerprint density at radius 3 is 2.55 bits per heavy atom. The Labute approximate surface area is 187 Å². The monoisotopic (exact) mass is 516 g/mol. The molecule has 0 fully saturated rings. The van der Waals surface area contributed by atoms with Gasteiger partial charge in [0.1, 0.15) is 11.6 Å². The van der Waals surface area contributed by atoms with Gasteiger partial charge in [0.25, 0.3) is 5.91 Å². The molecule has 0 aliphatic rings. The molecule has 1 amide bonds. The van der Waals surface area contributed by atoms with Gasteiger partial charge in [0.15, 0.2) is 5.96 Å². The Hall–Kier alpha value is -2.23. The lowest BCUT2D eigenvalue weighted by molar-refractivity contribution is 0.0953. The molecule has 0 aliphatic heterocycles. The predicted molar refractivity (Wildman–Crippen MR) is 122 cm³/mol. The molecular weight excluding hydrogens is 489 g/mol. The molecule has 2 aromatic rings. The predicted octanol–water partition coefficient (Wildman–Crippen LogP) is 3.98. The van der Waals surface area contributed by atoms with Gasteiger partial charge in [0.2, 0.25) is 0 Å². The molecule has 0 radical (unpaired) electrons. The fourth-order valence-electron chi connectivity index (χ4n) is 2.52. The van der Waals surface area contributed by atoms with Crippen molar-refractivity contribution in [1.29, 1.82) is 0 Å². The fourth-order valence-corrected chi connectivity index (χ4v) is 2.52. The lowest BCUT2D eigenvalue weighted by Crippen LogP contribution is -2.37. The highest BCUT2D eigenvalue weighted by molar-refractivity contribution is 14.0. The molecule has 2 aromatic carbocycles. The van der Waals surface area contributed by atoms with Crippen molar-refractivity contribution in [2.45, 2.75) is 33.4 Å². The highest BCUT2D eigenvalue weighted by atomic mass is 127. The van der Waals surface area contributed by atoms with E-state index >= 15 is 0 Å². The Morgan fingerprint density at radius 1 is 1.03 bits per heavy atom. The van der Waals surface area contributed by atoms with Gasteiger partial charge in [-0.3, -0.25) is 4.79 Å². The first-order valence-corrected chi connectivity index (χ1v) is 9.36. The largest absolute Gasteiger partial charge is 0.357 e. The first kappa shape index (κ1) is 24.8. The van der Waals surface area contributed by atoms with Crippen LogP contribution in [0, 0.1) is 11.6 Å². The van der Waals surface area contributed by atoms with E-state index in [0.717, 1.165) is 30.2 Å². The number of aliphatic imine (C=N–C) groups is 1. The van der Waals surface area contributed by atoms with Gasteiger partial charge in [-0.25, -0.2) is 13.8 Å². The van der Waals surface area contributed by atoms with Crippen LogP contribution < -0.4 is 16.0 Å². The van der Waals surface area contributed by atoms with Crippen LogP contribution in [0.4, 0.5) is 8.78 Å². The maximum Gasteiger partial charge on any atom is 0.251 e. The number of hydrogen-bond donors (Lipinski definition) is 3. The zero-order valence-electron chi connectivity index (χ0n) is 16.6. The number of carbonyl (C=O) groups excluding carboxylic acids is 1. The Bertz CT molecular complexity index is 830. The first-order valence-electron chi connectivity index (χ1n) is 9.36. The highest BCUT2D eigenvalue weighted by Crippen LogP contribution is 2.10. The second-order valence-corrected chi connectivity index (χ2v) is 6.24. The molecule has 5 nitrogen and oxygen atoms in total. The van der Waals surface area contributed by atoms with E-state index in [1.165, 1.54) is 0 Å². The van der Waals surface area contributed by atoms with Crippen LogP contribution in [0.3, 0.4) is 0 Å². The fraction of sp³-hybridized carbons (Fsp3) is 0.333. The van der Waals surface area contributed by atoms with E-state index < -0.39 is 11.6 Å². The molecule has 0 aromatic heterocycles. The van der Waals surface area contributed by atoms with Gasteiger partial charge < -0.3 is 16.0 Å². The first-order chi connectivity index (χ1) is 13.5. The molecule has 0 bridgehead atoms. The molecule has 0 atom stereocenters. The van der Waals surface area contributed by atoms with Crippen LogP contribution in [-0.4, -0.2) is 25.0 Å². The van der Waals surface area contributed by atoms with Crippen molar-refractivity contribution in [2.24, 2.45) is 4.99 Å². The van der Waals surface area contributed by atoms with Crippen LogP contribution in [0.5, 0.6) is 0 Å². The standard InChI is InChI=1S/C21H26F2N4O.HI/c1-3-10-25-20(28)16-7-5-6-15(11-16)13-26-21(24-4-2)27-14-17-12-18(22)8-9-19(17)23;/h5-9,11-12H,3-4,10,13-14H2,1-2H3,(H,25,28)(H2,24,26,27);1H. The number of hydrogen-bond acceptors (Lipinski definition) is 2. The van der Waals surface area contributed by atoms with Gasteiger partial charge in [-0.05, 0) is 49.2 Å². The van der Waals surface area contributed by atoms with Gasteiger partial charge in [0.05, 0.1) is 6.54 Å². The number of nitrogens with zero attached hydrogens (tertiary/aromatic N) is 1. The normalized spacial score (nSPS) is 10.8. The summed E-state index contributed by atoms with van der Waals surface area (Å²) in [6.07, 6.45) is 0.874. The van der Waals surface area contributed by atoms with E-state index in [1.807, 2.05) is 26.0 Å². The van der Waals surface area contributed by atoms with Crippen LogP contribution in [0.2, 0.25) is 0 Å². The molecule has 3 N–H and O–H groups in total. The van der Waals surface area contributed by atoms with Crippen molar-refractivity contribution in [3.05, 3.63) is 70.8 Å². The minimum atomic E-state index is -0.488. The average Bonchev–Trinajstić information content (AvgIpc) is 2.70. The molecule has 0 saturated carbocycles. The Kier molecular flexibility index (Phi) is 11.2. The average molecular weight is 516 g/mol. The number of rotatable bonds is 8. The second kappa shape index (κ2) is 13.1. The molecule has 0 spiro atoms. The number of guanidine groups is 1. The quantitative estimate of drug-likeness (QED) is 0.283. The second-order valence-electron chi connectivity index (χ2n) is 6.24. The third-order valence-corrected chi connectivity index (χ3v) is 3.94. The number of benzene rings is 2. The number of amides is 1. The summed E-state index contributed by atoms with van der Waals surface area (Å²) < 4.78 is 27.1. The molecule has 0 heterocycles. The summed E-state index contributed by atoms with van der Waals surface area (Å²) in [6.45, 7) is 5.61. The van der Waals surface area contributed by atoms with Gasteiger partial charge >= 0.3 is 0 Å². The molecule has 0 saturated heterocycles. The molecular formula is C21H27F2IN4O. The Morgan fingerprint density at radius 2 is 1.83 bits per heavy atom. The summed E-state index contributed by atoms with van der Waals surface area (Å²) in [5, 5.41) is 8.90. The van der Waals surface area contributed by atoms with Crippen molar-refractivity contribution >= 4 is 35.8 Å². The van der Waals surface area contributed by atoms with Gasteiger partial charge in [-0.1, -0.05) is 19.1 Å². The van der Waals surface area contributed by atoms with Crippen molar-refractivity contribution in [3.8, 4) is 0 Å². The zero-order chi connectivity index (χ0) is 20.4. The van der Waals surface area contributed by atoms with E-state index in [-0.39, 0.29) is 42.0 Å². The van der Waals surface area contributed by atoms with Crippen LogP contribution in [0.25, 0.3) is 0 Å². The van der Waals surface area contributed by atoms with Crippen LogP contribution in [0.1, 0.15) is 41.8 Å². The maximum absolute atomic E-state index is 13.8. The number of halogens is 3.